The summed E-state index contributed by atoms with van der Waals surface area (Å²) in [6.45, 7) is 1.28. The predicted molar refractivity (Wildman–Crippen MR) is 61.3 cm³/mol. The van der Waals surface area contributed by atoms with Gasteiger partial charge in [0.1, 0.15) is 5.75 Å². The molecule has 0 atom stereocenters. The van der Waals surface area contributed by atoms with Gasteiger partial charge in [-0.1, -0.05) is 18.2 Å². The molecule has 4 nitrogen and oxygen atoms in total. The van der Waals surface area contributed by atoms with Crippen LogP contribution in [0.3, 0.4) is 0 Å². The van der Waals surface area contributed by atoms with Gasteiger partial charge in [0.15, 0.2) is 0 Å². The van der Waals surface area contributed by atoms with Gasteiger partial charge in [-0.15, -0.1) is 0 Å². The van der Waals surface area contributed by atoms with E-state index in [1.54, 1.807) is 7.11 Å². The molecule has 0 saturated carbocycles. The summed E-state index contributed by atoms with van der Waals surface area (Å²) >= 11 is 0. The molecule has 0 spiro atoms. The summed E-state index contributed by atoms with van der Waals surface area (Å²) in [6, 6.07) is 7.79. The zero-order valence-corrected chi connectivity index (χ0v) is 9.66. The highest BCUT2D eigenvalue weighted by molar-refractivity contribution is 5.69. The molecule has 0 heterocycles. The van der Waals surface area contributed by atoms with E-state index in [1.165, 1.54) is 7.11 Å². The Balaban J connectivity index is 2.34. The van der Waals surface area contributed by atoms with E-state index in [1.807, 2.05) is 24.3 Å². The van der Waals surface area contributed by atoms with Crippen molar-refractivity contribution >= 4 is 5.97 Å². The maximum atomic E-state index is 10.9. The predicted octanol–water partition coefficient (Wildman–Crippen LogP) is 1.35. The van der Waals surface area contributed by atoms with Gasteiger partial charge in [-0.05, 0) is 6.07 Å². The first-order chi connectivity index (χ1) is 7.77. The zero-order valence-electron chi connectivity index (χ0n) is 9.66. The molecule has 0 unspecified atom stereocenters. The van der Waals surface area contributed by atoms with Gasteiger partial charge in [-0.2, -0.15) is 0 Å². The fourth-order valence-corrected chi connectivity index (χ4v) is 1.36. The molecular formula is C12H17NO3. The lowest BCUT2D eigenvalue weighted by Gasteiger charge is -2.08. The molecule has 0 aliphatic heterocycles. The van der Waals surface area contributed by atoms with Crippen molar-refractivity contribution in [3.8, 4) is 5.75 Å². The van der Waals surface area contributed by atoms with Crippen molar-refractivity contribution in [3.63, 3.8) is 0 Å². The molecule has 1 aromatic rings. The van der Waals surface area contributed by atoms with Crippen molar-refractivity contribution in [1.82, 2.24) is 5.32 Å². The number of esters is 1. The van der Waals surface area contributed by atoms with E-state index < -0.39 is 0 Å². The fourth-order valence-electron chi connectivity index (χ4n) is 1.36. The summed E-state index contributed by atoms with van der Waals surface area (Å²) in [5.74, 6) is 0.653. The lowest BCUT2D eigenvalue weighted by atomic mass is 10.2. The van der Waals surface area contributed by atoms with Crippen LogP contribution in [-0.2, 0) is 16.1 Å². The molecule has 16 heavy (non-hydrogen) atoms. The highest BCUT2D eigenvalue weighted by atomic mass is 16.5. The van der Waals surface area contributed by atoms with Crippen molar-refractivity contribution in [2.75, 3.05) is 20.8 Å². The molecule has 1 aromatic carbocycles. The molecule has 0 aliphatic carbocycles. The smallest absolute Gasteiger partial charge is 0.306 e. The topological polar surface area (TPSA) is 47.6 Å². The quantitative estimate of drug-likeness (QED) is 0.584. The summed E-state index contributed by atoms with van der Waals surface area (Å²) in [6.07, 6.45) is 0.381. The minimum atomic E-state index is -0.201. The van der Waals surface area contributed by atoms with Crippen LogP contribution in [0.25, 0.3) is 0 Å². The number of rotatable bonds is 6. The highest BCUT2D eigenvalue weighted by Gasteiger charge is 2.02. The maximum Gasteiger partial charge on any atom is 0.306 e. The SMILES string of the molecule is COC(=O)CCNCc1ccccc1OC. The van der Waals surface area contributed by atoms with Crippen LogP contribution < -0.4 is 10.1 Å². The monoisotopic (exact) mass is 223 g/mol. The Labute approximate surface area is 95.6 Å². The van der Waals surface area contributed by atoms with Gasteiger partial charge in [-0.25, -0.2) is 0 Å². The van der Waals surface area contributed by atoms with Gasteiger partial charge in [0.25, 0.3) is 0 Å². The minimum absolute atomic E-state index is 0.201. The number of carbonyl (C=O) groups is 1. The number of ether oxygens (including phenoxy) is 2. The van der Waals surface area contributed by atoms with Crippen molar-refractivity contribution < 1.29 is 14.3 Å². The Morgan fingerprint density at radius 3 is 2.75 bits per heavy atom. The first-order valence-corrected chi connectivity index (χ1v) is 5.17. The normalized spacial score (nSPS) is 9.88. The number of hydrogen-bond acceptors (Lipinski definition) is 4. The van der Waals surface area contributed by atoms with Crippen molar-refractivity contribution in [1.29, 1.82) is 0 Å². The summed E-state index contributed by atoms with van der Waals surface area (Å²) in [4.78, 5) is 10.9. The second-order valence-electron chi connectivity index (χ2n) is 3.31. The van der Waals surface area contributed by atoms with Crippen molar-refractivity contribution in [3.05, 3.63) is 29.8 Å². The third kappa shape index (κ3) is 3.90. The third-order valence-electron chi connectivity index (χ3n) is 2.24. The number of methoxy groups -OCH3 is 2. The Morgan fingerprint density at radius 2 is 2.06 bits per heavy atom. The average Bonchev–Trinajstić information content (AvgIpc) is 2.34. The summed E-state index contributed by atoms with van der Waals surface area (Å²) in [5, 5.41) is 3.16. The van der Waals surface area contributed by atoms with Gasteiger partial charge in [0.05, 0.1) is 20.6 Å². The number of nitrogens with one attached hydrogen (secondary N) is 1. The second kappa shape index (κ2) is 6.85. The molecule has 88 valence electrons. The summed E-state index contributed by atoms with van der Waals surface area (Å²) < 4.78 is 9.76. The zero-order chi connectivity index (χ0) is 11.8. The van der Waals surface area contributed by atoms with Crippen molar-refractivity contribution in [2.45, 2.75) is 13.0 Å². The van der Waals surface area contributed by atoms with Crippen LogP contribution in [-0.4, -0.2) is 26.7 Å². The molecule has 4 heteroatoms. The van der Waals surface area contributed by atoms with Gasteiger partial charge in [0, 0.05) is 18.7 Å². The van der Waals surface area contributed by atoms with Crippen LogP contribution in [0.1, 0.15) is 12.0 Å². The highest BCUT2D eigenvalue weighted by Crippen LogP contribution is 2.16. The second-order valence-corrected chi connectivity index (χ2v) is 3.31. The molecule has 0 aliphatic rings. The third-order valence-corrected chi connectivity index (χ3v) is 2.24. The van der Waals surface area contributed by atoms with E-state index in [9.17, 15) is 4.79 Å². The van der Waals surface area contributed by atoms with Crippen LogP contribution >= 0.6 is 0 Å². The van der Waals surface area contributed by atoms with Gasteiger partial charge in [-0.3, -0.25) is 4.79 Å². The number of hydrogen-bond donors (Lipinski definition) is 1. The largest absolute Gasteiger partial charge is 0.496 e. The number of benzene rings is 1. The van der Waals surface area contributed by atoms with E-state index in [-0.39, 0.29) is 5.97 Å². The molecule has 0 saturated heterocycles. The number of carbonyl (C=O) groups excluding carboxylic acids is 1. The van der Waals surface area contributed by atoms with Crippen LogP contribution in [0.4, 0.5) is 0 Å². The fraction of sp³-hybridized carbons (Fsp3) is 0.417. The maximum absolute atomic E-state index is 10.9. The molecular weight excluding hydrogens is 206 g/mol. The van der Waals surface area contributed by atoms with Gasteiger partial charge in [0.2, 0.25) is 0 Å². The Hall–Kier alpha value is -1.55. The molecule has 0 amide bonds. The van der Waals surface area contributed by atoms with E-state index in [4.69, 9.17) is 4.74 Å². The van der Waals surface area contributed by atoms with E-state index in [0.29, 0.717) is 19.5 Å². The lowest BCUT2D eigenvalue weighted by molar-refractivity contribution is -0.140. The van der Waals surface area contributed by atoms with E-state index >= 15 is 0 Å². The Morgan fingerprint density at radius 1 is 1.31 bits per heavy atom. The number of para-hydroxylation sites is 1. The average molecular weight is 223 g/mol. The van der Waals surface area contributed by atoms with Crippen LogP contribution in [0, 0.1) is 0 Å². The summed E-state index contributed by atoms with van der Waals surface area (Å²) in [5.41, 5.74) is 1.08. The molecule has 0 bridgehead atoms. The molecule has 0 fully saturated rings. The van der Waals surface area contributed by atoms with E-state index in [2.05, 4.69) is 10.1 Å². The van der Waals surface area contributed by atoms with Crippen LogP contribution in [0.2, 0.25) is 0 Å². The molecule has 0 radical (unpaired) electrons. The standard InChI is InChI=1S/C12H17NO3/c1-15-11-6-4-3-5-10(11)9-13-8-7-12(14)16-2/h3-6,13H,7-9H2,1-2H3. The van der Waals surface area contributed by atoms with Crippen LogP contribution in [0.15, 0.2) is 24.3 Å². The van der Waals surface area contributed by atoms with E-state index in [0.717, 1.165) is 11.3 Å². The van der Waals surface area contributed by atoms with Crippen LogP contribution in [0.5, 0.6) is 5.75 Å². The Bertz CT molecular complexity index is 339. The summed E-state index contributed by atoms with van der Waals surface area (Å²) in [7, 11) is 3.04. The molecule has 0 aromatic heterocycles. The van der Waals surface area contributed by atoms with Gasteiger partial charge < -0.3 is 14.8 Å². The first-order valence-electron chi connectivity index (χ1n) is 5.17. The minimum Gasteiger partial charge on any atom is -0.496 e. The Kier molecular flexibility index (Phi) is 5.36. The lowest BCUT2D eigenvalue weighted by Crippen LogP contribution is -2.18. The molecule has 1 N–H and O–H groups in total. The first kappa shape index (κ1) is 12.5. The van der Waals surface area contributed by atoms with Gasteiger partial charge >= 0.3 is 5.97 Å². The molecule has 1 rings (SSSR count). The van der Waals surface area contributed by atoms with Crippen molar-refractivity contribution in [2.24, 2.45) is 0 Å².